The summed E-state index contributed by atoms with van der Waals surface area (Å²) in [6, 6.07) is 4.39. The lowest BCUT2D eigenvalue weighted by Gasteiger charge is -2.11. The second-order valence-electron chi connectivity index (χ2n) is 5.24. The molecule has 0 aliphatic heterocycles. The predicted octanol–water partition coefficient (Wildman–Crippen LogP) is 3.48. The van der Waals surface area contributed by atoms with Crippen LogP contribution >= 0.6 is 35.6 Å². The number of furan rings is 1. The van der Waals surface area contributed by atoms with E-state index in [1.807, 2.05) is 0 Å². The molecule has 0 spiro atoms. The molecule has 2 N–H and O–H groups in total. The molecule has 146 valence electrons. The standard InChI is InChI=1S/C15H14ClF3N6O.HI/c1-20-14(21-6-10-3-2-4-26-10)22-7-12-23-24-13-11(16)5-9(8-25(12)13)15(17,18)19;/h2-5,8H,6-7H2,1H3,(H2,20,21,22);1H. The van der Waals surface area contributed by atoms with Crippen molar-refractivity contribution in [2.45, 2.75) is 19.3 Å². The lowest BCUT2D eigenvalue weighted by Crippen LogP contribution is -2.36. The Bertz CT molecular complexity index is 926. The average molecular weight is 515 g/mol. The van der Waals surface area contributed by atoms with Crippen LogP contribution in [0.4, 0.5) is 13.2 Å². The predicted molar refractivity (Wildman–Crippen MR) is 104 cm³/mol. The fraction of sp³-hybridized carbons (Fsp3) is 0.267. The van der Waals surface area contributed by atoms with E-state index in [0.717, 1.165) is 12.3 Å². The lowest BCUT2D eigenvalue weighted by molar-refractivity contribution is -0.137. The molecule has 3 rings (SSSR count). The second-order valence-corrected chi connectivity index (χ2v) is 5.65. The normalized spacial score (nSPS) is 12.1. The summed E-state index contributed by atoms with van der Waals surface area (Å²) in [4.78, 5) is 4.03. The quantitative estimate of drug-likeness (QED) is 0.317. The molecule has 0 saturated carbocycles. The molecule has 3 heterocycles. The van der Waals surface area contributed by atoms with E-state index in [1.165, 1.54) is 4.40 Å². The molecule has 0 aromatic carbocycles. The number of pyridine rings is 1. The van der Waals surface area contributed by atoms with Crippen molar-refractivity contribution in [1.82, 2.24) is 25.2 Å². The van der Waals surface area contributed by atoms with Crippen molar-refractivity contribution in [2.75, 3.05) is 7.05 Å². The maximum Gasteiger partial charge on any atom is 0.417 e. The molecular formula is C15H15ClF3IN6O. The molecule has 0 atom stereocenters. The van der Waals surface area contributed by atoms with E-state index < -0.39 is 11.7 Å². The van der Waals surface area contributed by atoms with Crippen LogP contribution < -0.4 is 10.6 Å². The number of aromatic nitrogens is 3. The van der Waals surface area contributed by atoms with Gasteiger partial charge in [-0.2, -0.15) is 13.2 Å². The summed E-state index contributed by atoms with van der Waals surface area (Å²) in [6.45, 7) is 0.494. The first kappa shape index (κ1) is 21.3. The van der Waals surface area contributed by atoms with E-state index in [1.54, 1.807) is 25.4 Å². The van der Waals surface area contributed by atoms with Crippen LogP contribution in [0.2, 0.25) is 5.02 Å². The number of nitrogens with zero attached hydrogens (tertiary/aromatic N) is 4. The number of fused-ring (bicyclic) bond motifs is 1. The third-order valence-electron chi connectivity index (χ3n) is 3.51. The van der Waals surface area contributed by atoms with Gasteiger partial charge in [-0.25, -0.2) is 0 Å². The van der Waals surface area contributed by atoms with E-state index in [4.69, 9.17) is 16.0 Å². The summed E-state index contributed by atoms with van der Waals surface area (Å²) in [6.07, 6.45) is -2.05. The Balaban J connectivity index is 0.00000261. The van der Waals surface area contributed by atoms with Crippen molar-refractivity contribution in [3.05, 3.63) is 52.8 Å². The zero-order valence-corrected chi connectivity index (χ0v) is 17.0. The number of hydrogen-bond acceptors (Lipinski definition) is 4. The maximum absolute atomic E-state index is 13.0. The fourth-order valence-corrected chi connectivity index (χ4v) is 2.49. The van der Waals surface area contributed by atoms with Gasteiger partial charge in [0.05, 0.1) is 29.9 Å². The molecule has 0 aliphatic rings. The van der Waals surface area contributed by atoms with Crippen molar-refractivity contribution in [3.63, 3.8) is 0 Å². The lowest BCUT2D eigenvalue weighted by atomic mass is 10.3. The molecule has 0 bridgehead atoms. The van der Waals surface area contributed by atoms with Gasteiger partial charge in [0.25, 0.3) is 0 Å². The zero-order chi connectivity index (χ0) is 18.7. The van der Waals surface area contributed by atoms with Crippen LogP contribution in [-0.4, -0.2) is 27.6 Å². The van der Waals surface area contributed by atoms with Gasteiger partial charge in [0, 0.05) is 13.2 Å². The Morgan fingerprint density at radius 1 is 1.30 bits per heavy atom. The first-order chi connectivity index (χ1) is 12.4. The van der Waals surface area contributed by atoms with Crippen molar-refractivity contribution in [1.29, 1.82) is 0 Å². The number of rotatable bonds is 4. The van der Waals surface area contributed by atoms with E-state index >= 15 is 0 Å². The van der Waals surface area contributed by atoms with Gasteiger partial charge < -0.3 is 15.1 Å². The number of aliphatic imine (C=N–C) groups is 1. The van der Waals surface area contributed by atoms with E-state index in [9.17, 15) is 13.2 Å². The third kappa shape index (κ3) is 5.03. The molecule has 0 amide bonds. The van der Waals surface area contributed by atoms with Gasteiger partial charge in [-0.15, -0.1) is 34.2 Å². The first-order valence-electron chi connectivity index (χ1n) is 7.45. The Kier molecular flexibility index (Phi) is 6.92. The molecule has 3 aromatic heterocycles. The maximum atomic E-state index is 13.0. The van der Waals surface area contributed by atoms with Gasteiger partial charge >= 0.3 is 6.18 Å². The first-order valence-corrected chi connectivity index (χ1v) is 7.83. The van der Waals surface area contributed by atoms with Gasteiger partial charge in [-0.05, 0) is 18.2 Å². The van der Waals surface area contributed by atoms with E-state index in [0.29, 0.717) is 18.3 Å². The minimum absolute atomic E-state index is 0. The van der Waals surface area contributed by atoms with Gasteiger partial charge in [0.2, 0.25) is 0 Å². The monoisotopic (exact) mass is 514 g/mol. The fourth-order valence-electron chi connectivity index (χ4n) is 2.24. The summed E-state index contributed by atoms with van der Waals surface area (Å²) in [5, 5.41) is 13.6. The third-order valence-corrected chi connectivity index (χ3v) is 3.78. The van der Waals surface area contributed by atoms with Crippen LogP contribution in [-0.2, 0) is 19.3 Å². The molecule has 0 unspecified atom stereocenters. The molecular weight excluding hydrogens is 500 g/mol. The van der Waals surface area contributed by atoms with Crippen LogP contribution in [0.25, 0.3) is 5.65 Å². The van der Waals surface area contributed by atoms with E-state index in [2.05, 4.69) is 25.8 Å². The summed E-state index contributed by atoms with van der Waals surface area (Å²) >= 11 is 5.89. The van der Waals surface area contributed by atoms with Crippen LogP contribution in [0.15, 0.2) is 40.1 Å². The molecule has 0 fully saturated rings. The average Bonchev–Trinajstić information content (AvgIpc) is 3.24. The highest BCUT2D eigenvalue weighted by molar-refractivity contribution is 14.0. The van der Waals surface area contributed by atoms with Crippen molar-refractivity contribution >= 4 is 47.2 Å². The smallest absolute Gasteiger partial charge is 0.417 e. The number of hydrogen-bond donors (Lipinski definition) is 2. The highest BCUT2D eigenvalue weighted by atomic mass is 127. The SMILES string of the molecule is CN=C(NCc1ccco1)NCc1nnc2c(Cl)cc(C(F)(F)F)cn12.I. The summed E-state index contributed by atoms with van der Waals surface area (Å²) < 4.78 is 45.3. The largest absolute Gasteiger partial charge is 0.467 e. The van der Waals surface area contributed by atoms with Crippen molar-refractivity contribution in [2.24, 2.45) is 4.99 Å². The van der Waals surface area contributed by atoms with Crippen molar-refractivity contribution < 1.29 is 17.6 Å². The topological polar surface area (TPSA) is 79.8 Å². The number of nitrogens with one attached hydrogen (secondary N) is 2. The van der Waals surface area contributed by atoms with Crippen LogP contribution in [0.3, 0.4) is 0 Å². The second kappa shape index (κ2) is 8.78. The number of halogens is 5. The minimum Gasteiger partial charge on any atom is -0.467 e. The number of guanidine groups is 1. The molecule has 3 aromatic rings. The minimum atomic E-state index is -4.52. The van der Waals surface area contributed by atoms with Crippen LogP contribution in [0.1, 0.15) is 17.1 Å². The molecule has 0 radical (unpaired) electrons. The highest BCUT2D eigenvalue weighted by Crippen LogP contribution is 2.32. The molecule has 7 nitrogen and oxygen atoms in total. The summed E-state index contributed by atoms with van der Waals surface area (Å²) in [7, 11) is 1.57. The van der Waals surface area contributed by atoms with Gasteiger partial charge in [0.15, 0.2) is 17.4 Å². The molecule has 0 saturated heterocycles. The Labute approximate surface area is 174 Å². The summed E-state index contributed by atoms with van der Waals surface area (Å²) in [5.41, 5.74) is -0.730. The van der Waals surface area contributed by atoms with Gasteiger partial charge in [-0.1, -0.05) is 11.6 Å². The zero-order valence-electron chi connectivity index (χ0n) is 13.9. The number of alkyl halides is 3. The van der Waals surface area contributed by atoms with Crippen molar-refractivity contribution in [3.8, 4) is 0 Å². The van der Waals surface area contributed by atoms with Crippen LogP contribution in [0, 0.1) is 0 Å². The van der Waals surface area contributed by atoms with Gasteiger partial charge in [-0.3, -0.25) is 9.39 Å². The molecule has 12 heteroatoms. The summed E-state index contributed by atoms with van der Waals surface area (Å²) in [5.74, 6) is 1.40. The van der Waals surface area contributed by atoms with Gasteiger partial charge in [0.1, 0.15) is 5.76 Å². The van der Waals surface area contributed by atoms with Crippen LogP contribution in [0.5, 0.6) is 0 Å². The Hall–Kier alpha value is -2.02. The van der Waals surface area contributed by atoms with E-state index in [-0.39, 0.29) is 47.0 Å². The molecule has 0 aliphatic carbocycles. The Morgan fingerprint density at radius 2 is 2.04 bits per heavy atom. The Morgan fingerprint density at radius 3 is 2.67 bits per heavy atom. The highest BCUT2D eigenvalue weighted by Gasteiger charge is 2.32. The molecule has 27 heavy (non-hydrogen) atoms.